The van der Waals surface area contributed by atoms with Crippen LogP contribution in [0.15, 0.2) is 29.2 Å². The molecule has 2 amide bonds. The van der Waals surface area contributed by atoms with Crippen molar-refractivity contribution in [3.05, 3.63) is 29.8 Å². The number of ether oxygens (including phenoxy) is 1. The van der Waals surface area contributed by atoms with Crippen LogP contribution < -0.4 is 0 Å². The summed E-state index contributed by atoms with van der Waals surface area (Å²) in [5.74, 6) is -0.602. The van der Waals surface area contributed by atoms with Crippen molar-refractivity contribution in [1.82, 2.24) is 10.0 Å². The Morgan fingerprint density at radius 1 is 1.04 bits per heavy atom. The summed E-state index contributed by atoms with van der Waals surface area (Å²) in [5, 5.41) is 2.92. The summed E-state index contributed by atoms with van der Waals surface area (Å²) in [6.07, 6.45) is 5.14. The third kappa shape index (κ3) is 4.16. The van der Waals surface area contributed by atoms with E-state index in [-0.39, 0.29) is 28.4 Å². The fraction of sp³-hybridized carbons (Fsp3) is 0.579. The lowest BCUT2D eigenvalue weighted by Crippen LogP contribution is -2.48. The van der Waals surface area contributed by atoms with Crippen molar-refractivity contribution in [3.63, 3.8) is 0 Å². The van der Waals surface area contributed by atoms with Crippen LogP contribution in [-0.4, -0.2) is 62.8 Å². The molecule has 148 valence electrons. The van der Waals surface area contributed by atoms with Gasteiger partial charge in [-0.15, -0.1) is 0 Å². The van der Waals surface area contributed by atoms with Crippen molar-refractivity contribution in [3.8, 4) is 0 Å². The molecule has 1 saturated carbocycles. The van der Waals surface area contributed by atoms with E-state index < -0.39 is 15.7 Å². The Morgan fingerprint density at radius 3 is 2.30 bits per heavy atom. The van der Waals surface area contributed by atoms with Crippen molar-refractivity contribution in [1.29, 1.82) is 0 Å². The number of sulfone groups is 1. The van der Waals surface area contributed by atoms with Crippen LogP contribution in [0.5, 0.6) is 0 Å². The van der Waals surface area contributed by atoms with Gasteiger partial charge in [-0.05, 0) is 44.2 Å². The molecule has 1 saturated heterocycles. The SMILES string of the molecule is COC1CCC(C(=O)N2CCCN2C(=O)c2ccccc2S(C)(=O)=O)CC1. The van der Waals surface area contributed by atoms with E-state index in [2.05, 4.69) is 0 Å². The van der Waals surface area contributed by atoms with Crippen molar-refractivity contribution in [2.75, 3.05) is 26.5 Å². The molecule has 0 N–H and O–H groups in total. The van der Waals surface area contributed by atoms with Gasteiger partial charge in [0, 0.05) is 32.4 Å². The van der Waals surface area contributed by atoms with Gasteiger partial charge >= 0.3 is 0 Å². The molecule has 1 aliphatic carbocycles. The smallest absolute Gasteiger partial charge is 0.273 e. The summed E-state index contributed by atoms with van der Waals surface area (Å²) in [7, 11) is -1.85. The largest absolute Gasteiger partial charge is 0.381 e. The second-order valence-electron chi connectivity index (χ2n) is 7.22. The summed E-state index contributed by atoms with van der Waals surface area (Å²) in [5.41, 5.74) is 0.114. The molecule has 7 nitrogen and oxygen atoms in total. The van der Waals surface area contributed by atoms with Crippen molar-refractivity contribution < 1.29 is 22.7 Å². The number of nitrogens with zero attached hydrogens (tertiary/aromatic N) is 2. The van der Waals surface area contributed by atoms with E-state index in [1.54, 1.807) is 19.2 Å². The highest BCUT2D eigenvalue weighted by Crippen LogP contribution is 2.30. The van der Waals surface area contributed by atoms with Crippen LogP contribution in [0.25, 0.3) is 0 Å². The molecule has 2 fully saturated rings. The minimum atomic E-state index is -3.54. The second kappa shape index (κ2) is 7.98. The van der Waals surface area contributed by atoms with E-state index >= 15 is 0 Å². The van der Waals surface area contributed by atoms with E-state index in [0.717, 1.165) is 31.9 Å². The highest BCUT2D eigenvalue weighted by molar-refractivity contribution is 7.90. The number of hydrogen-bond acceptors (Lipinski definition) is 5. The van der Waals surface area contributed by atoms with Crippen LogP contribution >= 0.6 is 0 Å². The number of rotatable bonds is 4. The third-order valence-electron chi connectivity index (χ3n) is 5.39. The fourth-order valence-electron chi connectivity index (χ4n) is 3.91. The Kier molecular flexibility index (Phi) is 5.86. The molecule has 1 aromatic carbocycles. The van der Waals surface area contributed by atoms with Crippen LogP contribution in [0, 0.1) is 5.92 Å². The lowest BCUT2D eigenvalue weighted by atomic mass is 9.86. The van der Waals surface area contributed by atoms with E-state index in [0.29, 0.717) is 19.5 Å². The zero-order valence-corrected chi connectivity index (χ0v) is 16.6. The summed E-state index contributed by atoms with van der Waals surface area (Å²) in [6.45, 7) is 0.895. The number of methoxy groups -OCH3 is 1. The molecular weight excluding hydrogens is 368 g/mol. The molecule has 1 aromatic rings. The van der Waals surface area contributed by atoms with Crippen LogP contribution in [-0.2, 0) is 19.4 Å². The molecule has 0 spiro atoms. The summed E-state index contributed by atoms with van der Waals surface area (Å²) >= 11 is 0. The first-order valence-electron chi connectivity index (χ1n) is 9.28. The number of carbonyl (C=O) groups is 2. The molecule has 3 rings (SSSR count). The maximum atomic E-state index is 13.1. The van der Waals surface area contributed by atoms with Gasteiger partial charge in [0.2, 0.25) is 5.91 Å². The second-order valence-corrected chi connectivity index (χ2v) is 9.21. The number of carbonyl (C=O) groups excluding carboxylic acids is 2. The van der Waals surface area contributed by atoms with Gasteiger partial charge < -0.3 is 4.74 Å². The van der Waals surface area contributed by atoms with Crippen molar-refractivity contribution >= 4 is 21.7 Å². The number of benzene rings is 1. The normalized spacial score (nSPS) is 23.5. The summed E-state index contributed by atoms with van der Waals surface area (Å²) in [6, 6.07) is 6.16. The molecule has 2 aliphatic rings. The van der Waals surface area contributed by atoms with Gasteiger partial charge in [-0.2, -0.15) is 0 Å². The zero-order chi connectivity index (χ0) is 19.6. The Balaban J connectivity index is 1.79. The maximum Gasteiger partial charge on any atom is 0.273 e. The van der Waals surface area contributed by atoms with Gasteiger partial charge in [0.15, 0.2) is 9.84 Å². The highest BCUT2D eigenvalue weighted by Gasteiger charge is 2.37. The molecule has 27 heavy (non-hydrogen) atoms. The van der Waals surface area contributed by atoms with E-state index in [4.69, 9.17) is 4.74 Å². The first-order chi connectivity index (χ1) is 12.8. The quantitative estimate of drug-likeness (QED) is 0.779. The Morgan fingerprint density at radius 2 is 1.67 bits per heavy atom. The molecule has 0 unspecified atom stereocenters. The predicted octanol–water partition coefficient (Wildman–Crippen LogP) is 1.88. The van der Waals surface area contributed by atoms with Crippen LogP contribution in [0.2, 0.25) is 0 Å². The Labute approximate surface area is 160 Å². The van der Waals surface area contributed by atoms with Gasteiger partial charge in [-0.3, -0.25) is 14.6 Å². The monoisotopic (exact) mass is 394 g/mol. The summed E-state index contributed by atoms with van der Waals surface area (Å²) in [4.78, 5) is 26.0. The van der Waals surface area contributed by atoms with Crippen LogP contribution in [0.1, 0.15) is 42.5 Å². The number of amides is 2. The molecule has 1 heterocycles. The standard InChI is InChI=1S/C19H26N2O5S/c1-26-15-10-8-14(9-11-15)18(22)20-12-5-13-21(20)19(23)16-6-3-4-7-17(16)27(2,24)25/h3-4,6-7,14-15H,5,8-13H2,1-2H3. The van der Waals surface area contributed by atoms with Crippen LogP contribution in [0.3, 0.4) is 0 Å². The number of hydrazine groups is 1. The maximum absolute atomic E-state index is 13.1. The Hall–Kier alpha value is -1.93. The molecule has 0 bridgehead atoms. The van der Waals surface area contributed by atoms with E-state index in [9.17, 15) is 18.0 Å². The van der Waals surface area contributed by atoms with Gasteiger partial charge in [-0.1, -0.05) is 12.1 Å². The fourth-order valence-corrected chi connectivity index (χ4v) is 4.79. The average molecular weight is 394 g/mol. The molecule has 1 aliphatic heterocycles. The highest BCUT2D eigenvalue weighted by atomic mass is 32.2. The minimum Gasteiger partial charge on any atom is -0.381 e. The van der Waals surface area contributed by atoms with Gasteiger partial charge in [0.1, 0.15) is 0 Å². The zero-order valence-electron chi connectivity index (χ0n) is 15.8. The number of hydrogen-bond donors (Lipinski definition) is 0. The summed E-state index contributed by atoms with van der Waals surface area (Å²) < 4.78 is 29.4. The molecule has 8 heteroatoms. The van der Waals surface area contributed by atoms with Crippen molar-refractivity contribution in [2.45, 2.75) is 43.1 Å². The molecule has 0 aromatic heterocycles. The Bertz CT molecular complexity index is 815. The van der Waals surface area contributed by atoms with Gasteiger partial charge in [0.25, 0.3) is 5.91 Å². The molecular formula is C19H26N2O5S. The van der Waals surface area contributed by atoms with Crippen molar-refractivity contribution in [2.24, 2.45) is 5.92 Å². The molecule has 0 radical (unpaired) electrons. The molecule has 0 atom stereocenters. The van der Waals surface area contributed by atoms with Gasteiger partial charge in [0.05, 0.1) is 16.6 Å². The van der Waals surface area contributed by atoms with Gasteiger partial charge in [-0.25, -0.2) is 13.4 Å². The lowest BCUT2D eigenvalue weighted by Gasteiger charge is -2.34. The first-order valence-corrected chi connectivity index (χ1v) is 11.2. The van der Waals surface area contributed by atoms with E-state index in [1.165, 1.54) is 22.2 Å². The topological polar surface area (TPSA) is 84.0 Å². The van der Waals surface area contributed by atoms with E-state index in [1.807, 2.05) is 0 Å². The third-order valence-corrected chi connectivity index (χ3v) is 6.55. The minimum absolute atomic E-state index is 0.00472. The predicted molar refractivity (Wildman–Crippen MR) is 99.7 cm³/mol. The first kappa shape index (κ1) is 19.8. The average Bonchev–Trinajstić information content (AvgIpc) is 3.16. The lowest BCUT2D eigenvalue weighted by molar-refractivity contribution is -0.147. The van der Waals surface area contributed by atoms with Crippen LogP contribution in [0.4, 0.5) is 0 Å².